The molecule has 1 N–H and O–H groups in total. The van der Waals surface area contributed by atoms with Gasteiger partial charge in [-0.3, -0.25) is 15.5 Å². The molecule has 0 spiro atoms. The molecule has 0 amide bonds. The number of benzene rings is 2. The Balaban J connectivity index is 1.49. The van der Waals surface area contributed by atoms with Crippen LogP contribution in [0.25, 0.3) is 11.3 Å². The van der Waals surface area contributed by atoms with Gasteiger partial charge in [0.1, 0.15) is 16.4 Å². The van der Waals surface area contributed by atoms with Crippen LogP contribution in [0.2, 0.25) is 0 Å². The lowest BCUT2D eigenvalue weighted by Gasteiger charge is -1.99. The van der Waals surface area contributed by atoms with Crippen LogP contribution in [0.1, 0.15) is 11.3 Å². The number of hydrazone groups is 1. The number of amidine groups is 1. The number of non-ortho nitro benzene ring substituents is 1. The molecule has 0 saturated carbocycles. The van der Waals surface area contributed by atoms with Crippen molar-refractivity contribution in [3.8, 4) is 11.3 Å². The molecular formula is C18H12N4O5S. The highest BCUT2D eigenvalue weighted by Gasteiger charge is 2.28. The van der Waals surface area contributed by atoms with Crippen LogP contribution in [0.5, 0.6) is 0 Å². The predicted molar refractivity (Wildman–Crippen MR) is 102 cm³/mol. The van der Waals surface area contributed by atoms with Gasteiger partial charge in [0.15, 0.2) is 5.84 Å². The Bertz CT molecular complexity index is 1230. The van der Waals surface area contributed by atoms with Gasteiger partial charge in [0.05, 0.1) is 11.1 Å². The summed E-state index contributed by atoms with van der Waals surface area (Å²) < 4.78 is 33.3. The van der Waals surface area contributed by atoms with Crippen molar-refractivity contribution in [1.29, 1.82) is 0 Å². The smallest absolute Gasteiger partial charge is 0.285 e. The second kappa shape index (κ2) is 6.74. The quantitative estimate of drug-likeness (QED) is 0.410. The predicted octanol–water partition coefficient (Wildman–Crippen LogP) is 2.93. The maximum absolute atomic E-state index is 12.0. The van der Waals surface area contributed by atoms with Crippen LogP contribution in [0.3, 0.4) is 0 Å². The first-order valence-electron chi connectivity index (χ1n) is 8.02. The summed E-state index contributed by atoms with van der Waals surface area (Å²) in [5, 5.41) is 14.7. The fourth-order valence-corrected chi connectivity index (χ4v) is 3.84. The molecule has 0 fully saturated rings. The third-order valence-electron chi connectivity index (χ3n) is 3.98. The van der Waals surface area contributed by atoms with Crippen LogP contribution in [-0.4, -0.2) is 25.4 Å². The van der Waals surface area contributed by atoms with Gasteiger partial charge in [-0.25, -0.2) is 0 Å². The van der Waals surface area contributed by atoms with Gasteiger partial charge in [-0.2, -0.15) is 13.5 Å². The molecule has 0 radical (unpaired) electrons. The molecule has 1 aliphatic rings. The molecule has 0 atom stereocenters. The Hall–Kier alpha value is -3.79. The number of sulfonamides is 1. The van der Waals surface area contributed by atoms with E-state index in [9.17, 15) is 18.5 Å². The van der Waals surface area contributed by atoms with Crippen LogP contribution in [0, 0.1) is 10.1 Å². The van der Waals surface area contributed by atoms with E-state index in [1.54, 1.807) is 42.5 Å². The van der Waals surface area contributed by atoms with Gasteiger partial charge < -0.3 is 4.42 Å². The van der Waals surface area contributed by atoms with Crippen molar-refractivity contribution in [2.24, 2.45) is 9.50 Å². The summed E-state index contributed by atoms with van der Waals surface area (Å²) in [6, 6.07) is 15.8. The zero-order valence-corrected chi connectivity index (χ0v) is 15.0. The molecule has 0 bridgehead atoms. The van der Waals surface area contributed by atoms with Crippen LogP contribution >= 0.6 is 0 Å². The second-order valence-electron chi connectivity index (χ2n) is 5.79. The summed E-state index contributed by atoms with van der Waals surface area (Å²) in [5.41, 5.74) is 3.74. The standard InChI is InChI=1S/C18H12N4O5S/c23-22(24)13-7-5-12(6-8-13)16-10-9-14(27-16)11-19-20-18-15-3-1-2-4-17(15)28(25,26)21-18/h1-11H,(H,20,21)/b19-11-. The van der Waals surface area contributed by atoms with E-state index in [4.69, 9.17) is 4.42 Å². The normalized spacial score (nSPS) is 14.6. The third-order valence-corrected chi connectivity index (χ3v) is 5.32. The molecule has 3 aromatic rings. The van der Waals surface area contributed by atoms with Crippen LogP contribution in [0.4, 0.5) is 5.69 Å². The molecule has 1 aromatic heterocycles. The number of furan rings is 1. The van der Waals surface area contributed by atoms with E-state index in [1.807, 2.05) is 0 Å². The first kappa shape index (κ1) is 17.6. The van der Waals surface area contributed by atoms with Crippen molar-refractivity contribution in [1.82, 2.24) is 5.43 Å². The molecule has 0 aliphatic carbocycles. The van der Waals surface area contributed by atoms with E-state index in [-0.39, 0.29) is 16.4 Å². The summed E-state index contributed by atoms with van der Waals surface area (Å²) in [6.07, 6.45) is 1.38. The van der Waals surface area contributed by atoms with Crippen molar-refractivity contribution in [2.45, 2.75) is 4.90 Å². The number of fused-ring (bicyclic) bond motifs is 1. The number of hydrogen-bond acceptors (Lipinski definition) is 7. The van der Waals surface area contributed by atoms with Crippen molar-refractivity contribution in [3.05, 3.63) is 82.1 Å². The average molecular weight is 396 g/mol. The zero-order chi connectivity index (χ0) is 19.7. The Morgan fingerprint density at radius 1 is 1.07 bits per heavy atom. The molecular weight excluding hydrogens is 384 g/mol. The second-order valence-corrected chi connectivity index (χ2v) is 7.36. The lowest BCUT2D eigenvalue weighted by Crippen LogP contribution is -2.17. The SMILES string of the molecule is O=[N+]([O-])c1ccc(-c2ccc(/C=N\NC3=NS(=O)(=O)c4ccccc43)o2)cc1. The van der Waals surface area contributed by atoms with Crippen LogP contribution in [-0.2, 0) is 10.0 Å². The molecule has 9 nitrogen and oxygen atoms in total. The van der Waals surface area contributed by atoms with Gasteiger partial charge in [-0.05, 0) is 36.4 Å². The maximum atomic E-state index is 12.0. The van der Waals surface area contributed by atoms with E-state index in [0.717, 1.165) is 0 Å². The molecule has 10 heteroatoms. The van der Waals surface area contributed by atoms with Gasteiger partial charge in [0.2, 0.25) is 0 Å². The van der Waals surface area contributed by atoms with Gasteiger partial charge in [0.25, 0.3) is 15.7 Å². The fourth-order valence-electron chi connectivity index (χ4n) is 2.67. The third kappa shape index (κ3) is 3.28. The summed E-state index contributed by atoms with van der Waals surface area (Å²) in [7, 11) is -3.71. The Labute approximate surface area is 159 Å². The number of nitro benzene ring substituents is 1. The van der Waals surface area contributed by atoms with Crippen molar-refractivity contribution < 1.29 is 17.8 Å². The monoisotopic (exact) mass is 396 g/mol. The Morgan fingerprint density at radius 2 is 1.82 bits per heavy atom. The van der Waals surface area contributed by atoms with Crippen LogP contribution < -0.4 is 5.43 Å². The average Bonchev–Trinajstić information content (AvgIpc) is 3.25. The van der Waals surface area contributed by atoms with Crippen LogP contribution in [0.15, 0.2) is 79.5 Å². The number of rotatable bonds is 4. The van der Waals surface area contributed by atoms with E-state index >= 15 is 0 Å². The number of hydrogen-bond donors (Lipinski definition) is 1. The van der Waals surface area contributed by atoms with Gasteiger partial charge >= 0.3 is 0 Å². The lowest BCUT2D eigenvalue weighted by atomic mass is 10.1. The summed E-state index contributed by atoms with van der Waals surface area (Å²) in [5.74, 6) is 1.06. The highest BCUT2D eigenvalue weighted by molar-refractivity contribution is 7.90. The van der Waals surface area contributed by atoms with Crippen molar-refractivity contribution >= 4 is 27.8 Å². The molecule has 2 aromatic carbocycles. The molecule has 4 rings (SSSR count). The summed E-state index contributed by atoms with van der Waals surface area (Å²) in [4.78, 5) is 10.4. The van der Waals surface area contributed by atoms with Crippen molar-refractivity contribution in [3.63, 3.8) is 0 Å². The molecule has 0 saturated heterocycles. The zero-order valence-electron chi connectivity index (χ0n) is 14.1. The molecule has 0 unspecified atom stereocenters. The minimum atomic E-state index is -3.71. The molecule has 2 heterocycles. The number of nitro groups is 1. The minimum Gasteiger partial charge on any atom is -0.455 e. The van der Waals surface area contributed by atoms with Gasteiger partial charge in [-0.15, -0.1) is 4.40 Å². The Kier molecular flexibility index (Phi) is 4.24. The summed E-state index contributed by atoms with van der Waals surface area (Å²) in [6.45, 7) is 0. The number of nitrogens with zero attached hydrogens (tertiary/aromatic N) is 3. The molecule has 28 heavy (non-hydrogen) atoms. The largest absolute Gasteiger partial charge is 0.455 e. The maximum Gasteiger partial charge on any atom is 0.285 e. The lowest BCUT2D eigenvalue weighted by molar-refractivity contribution is -0.384. The highest BCUT2D eigenvalue weighted by atomic mass is 32.2. The molecule has 1 aliphatic heterocycles. The minimum absolute atomic E-state index is 0.00568. The van der Waals surface area contributed by atoms with E-state index in [1.165, 1.54) is 24.4 Å². The summed E-state index contributed by atoms with van der Waals surface area (Å²) >= 11 is 0. The van der Waals surface area contributed by atoms with E-state index in [0.29, 0.717) is 22.6 Å². The van der Waals surface area contributed by atoms with E-state index < -0.39 is 14.9 Å². The first-order valence-corrected chi connectivity index (χ1v) is 9.46. The highest BCUT2D eigenvalue weighted by Crippen LogP contribution is 2.25. The molecule has 140 valence electrons. The number of nitrogens with one attached hydrogen (secondary N) is 1. The van der Waals surface area contributed by atoms with E-state index in [2.05, 4.69) is 14.9 Å². The fraction of sp³-hybridized carbons (Fsp3) is 0. The first-order chi connectivity index (χ1) is 13.4. The topological polar surface area (TPSA) is 127 Å². The van der Waals surface area contributed by atoms with Gasteiger partial charge in [-0.1, -0.05) is 12.1 Å². The van der Waals surface area contributed by atoms with Gasteiger partial charge in [0, 0.05) is 23.3 Å². The van der Waals surface area contributed by atoms with Crippen molar-refractivity contribution in [2.75, 3.05) is 0 Å². The Morgan fingerprint density at radius 3 is 2.57 bits per heavy atom.